The largest absolute Gasteiger partial charge is 0.465 e. The van der Waals surface area contributed by atoms with Crippen LogP contribution >= 0.6 is 27.3 Å². The van der Waals surface area contributed by atoms with Crippen molar-refractivity contribution in [2.45, 2.75) is 13.8 Å². The number of thiophene rings is 1. The Kier molecular flexibility index (Phi) is 4.82. The van der Waals surface area contributed by atoms with Gasteiger partial charge in [-0.25, -0.2) is 4.79 Å². The van der Waals surface area contributed by atoms with E-state index >= 15 is 0 Å². The summed E-state index contributed by atoms with van der Waals surface area (Å²) >= 11 is 4.53. The topological polar surface area (TPSA) is 78.7 Å². The zero-order valence-electron chi connectivity index (χ0n) is 12.0. The summed E-state index contributed by atoms with van der Waals surface area (Å²) in [5, 5.41) is 10.8. The Balaban J connectivity index is 2.37. The maximum absolute atomic E-state index is 11.5. The van der Waals surface area contributed by atoms with Crippen LogP contribution in [0.25, 0.3) is 0 Å². The van der Waals surface area contributed by atoms with E-state index in [1.54, 1.807) is 19.9 Å². The lowest BCUT2D eigenvalue weighted by atomic mass is 10.1. The summed E-state index contributed by atoms with van der Waals surface area (Å²) in [7, 11) is 1.31. The second-order valence-corrected chi connectivity index (χ2v) is 6.88. The van der Waals surface area contributed by atoms with Crippen LogP contribution in [0.4, 0.5) is 5.69 Å². The summed E-state index contributed by atoms with van der Waals surface area (Å²) < 4.78 is 11.1. The minimum atomic E-state index is -0.447. The Morgan fingerprint density at radius 1 is 1.27 bits per heavy atom. The van der Waals surface area contributed by atoms with Crippen molar-refractivity contribution in [1.82, 2.24) is 0 Å². The molecule has 116 valence electrons. The van der Waals surface area contributed by atoms with Gasteiger partial charge in [0.2, 0.25) is 0 Å². The molecule has 1 heterocycles. The van der Waals surface area contributed by atoms with E-state index in [0.29, 0.717) is 31.3 Å². The monoisotopic (exact) mass is 385 g/mol. The predicted octanol–water partition coefficient (Wildman–Crippen LogP) is 4.61. The Morgan fingerprint density at radius 2 is 1.86 bits per heavy atom. The molecular weight excluding hydrogens is 374 g/mol. The summed E-state index contributed by atoms with van der Waals surface area (Å²) in [5.74, 6) is 0.545. The second-order valence-electron chi connectivity index (χ2n) is 4.51. The Morgan fingerprint density at radius 3 is 2.36 bits per heavy atom. The van der Waals surface area contributed by atoms with Gasteiger partial charge in [0.05, 0.1) is 12.0 Å². The van der Waals surface area contributed by atoms with Crippen LogP contribution in [-0.2, 0) is 4.74 Å². The van der Waals surface area contributed by atoms with Crippen molar-refractivity contribution in [1.29, 1.82) is 0 Å². The molecular formula is C14H12BrNO5S. The van der Waals surface area contributed by atoms with E-state index in [1.165, 1.54) is 30.6 Å². The summed E-state index contributed by atoms with van der Waals surface area (Å²) in [4.78, 5) is 22.3. The number of rotatable bonds is 4. The van der Waals surface area contributed by atoms with Crippen molar-refractivity contribution in [3.8, 4) is 11.5 Å². The Labute approximate surface area is 138 Å². The molecule has 0 amide bonds. The minimum absolute atomic E-state index is 0.0157. The number of aryl methyl sites for hydroxylation is 2. The van der Waals surface area contributed by atoms with Crippen LogP contribution in [0.15, 0.2) is 22.0 Å². The first-order valence-corrected chi connectivity index (χ1v) is 7.75. The van der Waals surface area contributed by atoms with Gasteiger partial charge in [0, 0.05) is 18.2 Å². The number of carbonyl (C=O) groups excluding carboxylic acids is 1. The molecule has 22 heavy (non-hydrogen) atoms. The molecule has 2 rings (SSSR count). The molecule has 0 fully saturated rings. The molecule has 0 radical (unpaired) electrons. The molecule has 0 N–H and O–H groups in total. The van der Waals surface area contributed by atoms with Crippen LogP contribution in [0.2, 0.25) is 0 Å². The first-order chi connectivity index (χ1) is 10.3. The number of methoxy groups -OCH3 is 1. The van der Waals surface area contributed by atoms with Crippen LogP contribution in [0, 0.1) is 24.0 Å². The van der Waals surface area contributed by atoms with Crippen LogP contribution in [-0.4, -0.2) is 18.0 Å². The van der Waals surface area contributed by atoms with Crippen molar-refractivity contribution in [3.05, 3.63) is 48.1 Å². The van der Waals surface area contributed by atoms with Crippen molar-refractivity contribution >= 4 is 38.9 Å². The standard InChI is InChI=1S/C14H12BrNO5S/c1-7-4-9(16(18)19)5-8(2)12(7)21-10-6-11(14(17)20-3)22-13(10)15/h4-6H,1-3H3. The molecule has 0 unspecified atom stereocenters. The van der Waals surface area contributed by atoms with Gasteiger partial charge in [-0.05, 0) is 40.9 Å². The van der Waals surface area contributed by atoms with Crippen LogP contribution in [0.3, 0.4) is 0 Å². The highest BCUT2D eigenvalue weighted by Gasteiger charge is 2.18. The zero-order chi connectivity index (χ0) is 16.4. The predicted molar refractivity (Wildman–Crippen MR) is 86.0 cm³/mol. The number of carbonyl (C=O) groups is 1. The molecule has 0 saturated heterocycles. The van der Waals surface area contributed by atoms with E-state index in [1.807, 2.05) is 0 Å². The van der Waals surface area contributed by atoms with E-state index in [4.69, 9.17) is 4.74 Å². The molecule has 0 spiro atoms. The minimum Gasteiger partial charge on any atom is -0.465 e. The molecule has 6 nitrogen and oxygen atoms in total. The third-order valence-corrected chi connectivity index (χ3v) is 4.67. The van der Waals surface area contributed by atoms with E-state index < -0.39 is 10.9 Å². The van der Waals surface area contributed by atoms with Crippen LogP contribution < -0.4 is 4.74 Å². The van der Waals surface area contributed by atoms with Gasteiger partial charge in [-0.2, -0.15) is 0 Å². The fourth-order valence-corrected chi connectivity index (χ4v) is 3.37. The lowest BCUT2D eigenvalue weighted by Crippen LogP contribution is -1.97. The lowest BCUT2D eigenvalue weighted by molar-refractivity contribution is -0.385. The molecule has 8 heteroatoms. The van der Waals surface area contributed by atoms with Crippen molar-refractivity contribution in [2.24, 2.45) is 0 Å². The molecule has 0 aliphatic carbocycles. The highest BCUT2D eigenvalue weighted by atomic mass is 79.9. The summed E-state index contributed by atoms with van der Waals surface area (Å²) in [6.45, 7) is 3.47. The number of benzene rings is 1. The first-order valence-electron chi connectivity index (χ1n) is 6.14. The molecule has 0 aliphatic heterocycles. The number of hydrogen-bond acceptors (Lipinski definition) is 6. The summed E-state index contributed by atoms with van der Waals surface area (Å²) in [5.41, 5.74) is 1.30. The number of nitro benzene ring substituents is 1. The SMILES string of the molecule is COC(=O)c1cc(Oc2c(C)cc([N+](=O)[O-])cc2C)c(Br)s1. The maximum Gasteiger partial charge on any atom is 0.348 e. The quantitative estimate of drug-likeness (QED) is 0.436. The highest BCUT2D eigenvalue weighted by molar-refractivity contribution is 9.11. The van der Waals surface area contributed by atoms with E-state index in [9.17, 15) is 14.9 Å². The van der Waals surface area contributed by atoms with Crippen molar-refractivity contribution in [2.75, 3.05) is 7.11 Å². The normalized spacial score (nSPS) is 10.4. The van der Waals surface area contributed by atoms with Gasteiger partial charge in [-0.3, -0.25) is 10.1 Å². The molecule has 0 atom stereocenters. The first kappa shape index (κ1) is 16.4. The summed E-state index contributed by atoms with van der Waals surface area (Å²) in [6.07, 6.45) is 0. The Hall–Kier alpha value is -1.93. The fraction of sp³-hybridized carbons (Fsp3) is 0.214. The average Bonchev–Trinajstić information content (AvgIpc) is 2.82. The number of ether oxygens (including phenoxy) is 2. The van der Waals surface area contributed by atoms with E-state index in [-0.39, 0.29) is 5.69 Å². The molecule has 1 aromatic carbocycles. The zero-order valence-corrected chi connectivity index (χ0v) is 14.4. The van der Waals surface area contributed by atoms with Crippen LogP contribution in [0.1, 0.15) is 20.8 Å². The number of nitro groups is 1. The van der Waals surface area contributed by atoms with Gasteiger partial charge >= 0.3 is 5.97 Å². The molecule has 0 saturated carbocycles. The van der Waals surface area contributed by atoms with Crippen molar-refractivity contribution in [3.63, 3.8) is 0 Å². The smallest absolute Gasteiger partial charge is 0.348 e. The Bertz CT molecular complexity index is 733. The van der Waals surface area contributed by atoms with Crippen molar-refractivity contribution < 1.29 is 19.2 Å². The van der Waals surface area contributed by atoms with Crippen LogP contribution in [0.5, 0.6) is 11.5 Å². The number of nitrogens with zero attached hydrogens (tertiary/aromatic N) is 1. The number of hydrogen-bond donors (Lipinski definition) is 0. The summed E-state index contributed by atoms with van der Waals surface area (Å²) in [6, 6.07) is 4.47. The molecule has 0 aliphatic rings. The van der Waals surface area contributed by atoms with Gasteiger partial charge in [-0.1, -0.05) is 0 Å². The van der Waals surface area contributed by atoms with Gasteiger partial charge < -0.3 is 9.47 Å². The fourth-order valence-electron chi connectivity index (χ4n) is 1.93. The third kappa shape index (κ3) is 3.28. The molecule has 0 bridgehead atoms. The van der Waals surface area contributed by atoms with E-state index in [2.05, 4.69) is 20.7 Å². The molecule has 1 aromatic heterocycles. The molecule has 2 aromatic rings. The van der Waals surface area contributed by atoms with Gasteiger partial charge in [0.25, 0.3) is 5.69 Å². The van der Waals surface area contributed by atoms with Gasteiger partial charge in [0.15, 0.2) is 5.75 Å². The lowest BCUT2D eigenvalue weighted by Gasteiger charge is -2.10. The maximum atomic E-state index is 11.5. The average molecular weight is 386 g/mol. The highest BCUT2D eigenvalue weighted by Crippen LogP contribution is 2.40. The van der Waals surface area contributed by atoms with Gasteiger partial charge in [-0.15, -0.1) is 11.3 Å². The third-order valence-electron chi connectivity index (χ3n) is 2.91. The van der Waals surface area contributed by atoms with Gasteiger partial charge in [0.1, 0.15) is 14.4 Å². The second kappa shape index (κ2) is 6.45. The van der Waals surface area contributed by atoms with E-state index in [0.717, 1.165) is 0 Å². The number of esters is 1. The number of halogens is 1. The number of non-ortho nitro benzene ring substituents is 1.